The summed E-state index contributed by atoms with van der Waals surface area (Å²) in [4.78, 5) is 22.7. The molecule has 2 rings (SSSR count). The topological polar surface area (TPSA) is 98.3 Å². The fourth-order valence-corrected chi connectivity index (χ4v) is 2.91. The van der Waals surface area contributed by atoms with Gasteiger partial charge in [0.2, 0.25) is 0 Å². The standard InChI is InChI=1S/C14H18FN3O3/c1-8-5-10(15)6-11(13(8)18(20)21)14(19)17-12-4-2-3-9(12)7-16/h5-6,9,12H,2-4,7,16H2,1H3,(H,17,19). The summed E-state index contributed by atoms with van der Waals surface area (Å²) in [5, 5.41) is 13.9. The lowest BCUT2D eigenvalue weighted by molar-refractivity contribution is -0.385. The molecule has 0 aromatic heterocycles. The summed E-state index contributed by atoms with van der Waals surface area (Å²) in [7, 11) is 0. The van der Waals surface area contributed by atoms with E-state index in [-0.39, 0.29) is 28.8 Å². The number of nitro groups is 1. The number of nitrogens with one attached hydrogen (secondary N) is 1. The van der Waals surface area contributed by atoms with Crippen molar-refractivity contribution in [3.05, 3.63) is 39.2 Å². The maximum atomic E-state index is 13.5. The molecular formula is C14H18FN3O3. The van der Waals surface area contributed by atoms with E-state index < -0.39 is 16.6 Å². The largest absolute Gasteiger partial charge is 0.349 e. The van der Waals surface area contributed by atoms with E-state index in [0.717, 1.165) is 31.4 Å². The lowest BCUT2D eigenvalue weighted by Gasteiger charge is -2.19. The van der Waals surface area contributed by atoms with Gasteiger partial charge in [0.15, 0.2) is 0 Å². The summed E-state index contributed by atoms with van der Waals surface area (Å²) in [6.45, 7) is 1.87. The quantitative estimate of drug-likeness (QED) is 0.654. The summed E-state index contributed by atoms with van der Waals surface area (Å²) < 4.78 is 13.5. The molecule has 3 N–H and O–H groups in total. The van der Waals surface area contributed by atoms with Crippen molar-refractivity contribution in [1.82, 2.24) is 5.32 Å². The van der Waals surface area contributed by atoms with Crippen LogP contribution in [0.4, 0.5) is 10.1 Å². The van der Waals surface area contributed by atoms with E-state index in [1.807, 2.05) is 0 Å². The van der Waals surface area contributed by atoms with Gasteiger partial charge in [0, 0.05) is 11.6 Å². The van der Waals surface area contributed by atoms with Crippen LogP contribution in [0.1, 0.15) is 35.2 Å². The molecule has 1 amide bonds. The number of carbonyl (C=O) groups is 1. The van der Waals surface area contributed by atoms with Crippen molar-refractivity contribution in [3.63, 3.8) is 0 Å². The first-order valence-corrected chi connectivity index (χ1v) is 6.89. The molecule has 1 aromatic carbocycles. The number of hydrogen-bond acceptors (Lipinski definition) is 4. The van der Waals surface area contributed by atoms with E-state index >= 15 is 0 Å². The van der Waals surface area contributed by atoms with Crippen molar-refractivity contribution in [2.24, 2.45) is 11.7 Å². The van der Waals surface area contributed by atoms with Crippen LogP contribution in [0.3, 0.4) is 0 Å². The van der Waals surface area contributed by atoms with Gasteiger partial charge < -0.3 is 11.1 Å². The third-order valence-corrected chi connectivity index (χ3v) is 3.97. The third kappa shape index (κ3) is 3.18. The molecule has 0 radical (unpaired) electrons. The molecule has 0 heterocycles. The van der Waals surface area contributed by atoms with E-state index in [9.17, 15) is 19.3 Å². The number of nitrogens with zero attached hydrogens (tertiary/aromatic N) is 1. The Bertz CT molecular complexity index is 577. The lowest BCUT2D eigenvalue weighted by atomic mass is 10.0. The first-order chi connectivity index (χ1) is 9.93. The molecule has 0 saturated heterocycles. The Hall–Kier alpha value is -2.02. The maximum Gasteiger partial charge on any atom is 0.285 e. The minimum Gasteiger partial charge on any atom is -0.349 e. The molecule has 7 heteroatoms. The van der Waals surface area contributed by atoms with E-state index in [1.165, 1.54) is 6.92 Å². The predicted octanol–water partition coefficient (Wildman–Crippen LogP) is 1.90. The molecule has 2 atom stereocenters. The SMILES string of the molecule is Cc1cc(F)cc(C(=O)NC2CCCC2CN)c1[N+](=O)[O-]. The smallest absolute Gasteiger partial charge is 0.285 e. The Balaban J connectivity index is 2.28. The Morgan fingerprint density at radius 2 is 2.24 bits per heavy atom. The number of rotatable bonds is 4. The number of benzene rings is 1. The number of aryl methyl sites for hydroxylation is 1. The average molecular weight is 295 g/mol. The van der Waals surface area contributed by atoms with Crippen LogP contribution in [0.2, 0.25) is 0 Å². The molecule has 1 aliphatic rings. The highest BCUT2D eigenvalue weighted by Crippen LogP contribution is 2.28. The Morgan fingerprint density at radius 1 is 1.52 bits per heavy atom. The number of hydrogen-bond donors (Lipinski definition) is 2. The second-order valence-electron chi connectivity index (χ2n) is 5.38. The zero-order valence-electron chi connectivity index (χ0n) is 11.8. The summed E-state index contributed by atoms with van der Waals surface area (Å²) in [6.07, 6.45) is 2.67. The number of nitro benzene ring substituents is 1. The average Bonchev–Trinajstić information content (AvgIpc) is 2.84. The molecule has 2 unspecified atom stereocenters. The van der Waals surface area contributed by atoms with E-state index in [4.69, 9.17) is 5.73 Å². The van der Waals surface area contributed by atoms with E-state index in [2.05, 4.69) is 5.32 Å². The van der Waals surface area contributed by atoms with Crippen LogP contribution >= 0.6 is 0 Å². The van der Waals surface area contributed by atoms with Crippen LogP contribution < -0.4 is 11.1 Å². The predicted molar refractivity (Wildman–Crippen MR) is 75.4 cm³/mol. The molecule has 1 aromatic rings. The minimum absolute atomic E-state index is 0.106. The van der Waals surface area contributed by atoms with E-state index in [1.54, 1.807) is 0 Å². The molecule has 1 aliphatic carbocycles. The van der Waals surface area contributed by atoms with Gasteiger partial charge in [-0.2, -0.15) is 0 Å². The van der Waals surface area contributed by atoms with Crippen molar-refractivity contribution in [2.75, 3.05) is 6.54 Å². The second kappa shape index (κ2) is 6.17. The normalized spacial score (nSPS) is 21.3. The van der Waals surface area contributed by atoms with Crippen LogP contribution in [0.5, 0.6) is 0 Å². The van der Waals surface area contributed by atoms with Gasteiger partial charge >= 0.3 is 0 Å². The van der Waals surface area contributed by atoms with Gasteiger partial charge in [-0.3, -0.25) is 14.9 Å². The first-order valence-electron chi connectivity index (χ1n) is 6.89. The van der Waals surface area contributed by atoms with Crippen molar-refractivity contribution < 1.29 is 14.1 Å². The molecule has 21 heavy (non-hydrogen) atoms. The second-order valence-corrected chi connectivity index (χ2v) is 5.38. The molecule has 0 aliphatic heterocycles. The monoisotopic (exact) mass is 295 g/mol. The minimum atomic E-state index is -0.662. The van der Waals surface area contributed by atoms with E-state index in [0.29, 0.717) is 6.54 Å². The summed E-state index contributed by atoms with van der Waals surface area (Å²) >= 11 is 0. The summed E-state index contributed by atoms with van der Waals surface area (Å²) in [6, 6.07) is 1.85. The Morgan fingerprint density at radius 3 is 2.86 bits per heavy atom. The van der Waals surface area contributed by atoms with Crippen molar-refractivity contribution in [3.8, 4) is 0 Å². The van der Waals surface area contributed by atoms with Crippen LogP contribution in [-0.2, 0) is 0 Å². The highest BCUT2D eigenvalue weighted by molar-refractivity contribution is 5.98. The number of halogens is 1. The molecule has 6 nitrogen and oxygen atoms in total. The molecule has 0 spiro atoms. The van der Waals surface area contributed by atoms with Gasteiger partial charge in [-0.15, -0.1) is 0 Å². The molecule has 114 valence electrons. The molecule has 1 saturated carbocycles. The summed E-state index contributed by atoms with van der Waals surface area (Å²) in [5.74, 6) is -1.11. The Labute approximate surface area is 121 Å². The van der Waals surface area contributed by atoms with Gasteiger partial charge in [0.05, 0.1) is 4.92 Å². The van der Waals surface area contributed by atoms with Gasteiger partial charge in [0.25, 0.3) is 11.6 Å². The van der Waals surface area contributed by atoms with Crippen LogP contribution in [0.15, 0.2) is 12.1 Å². The van der Waals surface area contributed by atoms with Crippen LogP contribution in [0, 0.1) is 28.8 Å². The molecule has 0 bridgehead atoms. The number of nitrogens with two attached hydrogens (primary N) is 1. The van der Waals surface area contributed by atoms with Gasteiger partial charge in [0.1, 0.15) is 11.4 Å². The fraction of sp³-hybridized carbons (Fsp3) is 0.500. The molecular weight excluding hydrogens is 277 g/mol. The molecule has 1 fully saturated rings. The number of carbonyl (C=O) groups excluding carboxylic acids is 1. The van der Waals surface area contributed by atoms with Gasteiger partial charge in [-0.1, -0.05) is 6.42 Å². The first kappa shape index (κ1) is 15.4. The Kier molecular flexibility index (Phi) is 4.52. The zero-order chi connectivity index (χ0) is 15.6. The van der Waals surface area contributed by atoms with Gasteiger partial charge in [-0.05, 0) is 44.4 Å². The van der Waals surface area contributed by atoms with Crippen molar-refractivity contribution in [2.45, 2.75) is 32.2 Å². The highest BCUT2D eigenvalue weighted by atomic mass is 19.1. The fourth-order valence-electron chi connectivity index (χ4n) is 2.91. The highest BCUT2D eigenvalue weighted by Gasteiger charge is 2.30. The zero-order valence-corrected chi connectivity index (χ0v) is 11.8. The van der Waals surface area contributed by atoms with Crippen LogP contribution in [-0.4, -0.2) is 23.4 Å². The van der Waals surface area contributed by atoms with Crippen molar-refractivity contribution >= 4 is 11.6 Å². The third-order valence-electron chi connectivity index (χ3n) is 3.97. The maximum absolute atomic E-state index is 13.5. The number of amides is 1. The lowest BCUT2D eigenvalue weighted by Crippen LogP contribution is -2.40. The van der Waals surface area contributed by atoms with Gasteiger partial charge in [-0.25, -0.2) is 4.39 Å². The van der Waals surface area contributed by atoms with Crippen molar-refractivity contribution in [1.29, 1.82) is 0 Å². The van der Waals surface area contributed by atoms with Crippen LogP contribution in [0.25, 0.3) is 0 Å². The summed E-state index contributed by atoms with van der Waals surface area (Å²) in [5.41, 5.74) is 5.19.